The third-order valence-corrected chi connectivity index (χ3v) is 3.49. The Morgan fingerprint density at radius 3 is 2.36 bits per heavy atom. The zero-order valence-corrected chi connectivity index (χ0v) is 12.2. The Morgan fingerprint density at radius 1 is 1.29 bits per heavy atom. The molecular formula is C10H14BrClOSi. The topological polar surface area (TPSA) is 9.23 Å². The predicted octanol–water partition coefficient (Wildman–Crippen LogP) is 4.62. The maximum Gasteiger partial charge on any atom is 0.242 e. The predicted molar refractivity (Wildman–Crippen MR) is 67.9 cm³/mol. The van der Waals surface area contributed by atoms with E-state index < -0.39 is 8.32 Å². The van der Waals surface area contributed by atoms with Crippen molar-refractivity contribution in [1.29, 1.82) is 0 Å². The normalized spacial score (nSPS) is 11.6. The Morgan fingerprint density at radius 2 is 1.86 bits per heavy atom. The summed E-state index contributed by atoms with van der Waals surface area (Å²) in [6.45, 7) is 8.42. The van der Waals surface area contributed by atoms with Crippen molar-refractivity contribution in [3.63, 3.8) is 0 Å². The number of benzene rings is 1. The first kappa shape index (κ1) is 12.1. The van der Waals surface area contributed by atoms with Gasteiger partial charge in [-0.3, -0.25) is 0 Å². The second-order valence-corrected chi connectivity index (χ2v) is 9.94. The molecule has 0 aliphatic rings. The molecule has 0 saturated carbocycles. The Balaban J connectivity index is 3.04. The van der Waals surface area contributed by atoms with Gasteiger partial charge in [-0.05, 0) is 60.2 Å². The van der Waals surface area contributed by atoms with Crippen LogP contribution in [0.2, 0.25) is 24.7 Å². The van der Waals surface area contributed by atoms with Crippen LogP contribution in [0.4, 0.5) is 0 Å². The summed E-state index contributed by atoms with van der Waals surface area (Å²) in [6.07, 6.45) is 0. The molecule has 14 heavy (non-hydrogen) atoms. The molecule has 0 fully saturated rings. The fourth-order valence-electron chi connectivity index (χ4n) is 1.04. The molecule has 0 N–H and O–H groups in total. The summed E-state index contributed by atoms with van der Waals surface area (Å²) in [5.74, 6) is 0.847. The molecule has 0 radical (unpaired) electrons. The Kier molecular flexibility index (Phi) is 3.67. The first-order valence-corrected chi connectivity index (χ1v) is 9.02. The number of hydrogen-bond donors (Lipinski definition) is 0. The molecule has 4 heteroatoms. The highest BCUT2D eigenvalue weighted by Crippen LogP contribution is 2.32. The molecule has 0 bridgehead atoms. The SMILES string of the molecule is Cc1cc(Br)c(O[Si](C)(C)C)cc1Cl. The molecule has 78 valence electrons. The van der Waals surface area contributed by atoms with Gasteiger partial charge in [-0.1, -0.05) is 11.6 Å². The molecule has 1 aromatic carbocycles. The van der Waals surface area contributed by atoms with Crippen molar-refractivity contribution in [2.45, 2.75) is 26.6 Å². The van der Waals surface area contributed by atoms with Gasteiger partial charge in [-0.15, -0.1) is 0 Å². The van der Waals surface area contributed by atoms with E-state index in [9.17, 15) is 0 Å². The van der Waals surface area contributed by atoms with E-state index >= 15 is 0 Å². The lowest BCUT2D eigenvalue weighted by Gasteiger charge is -2.20. The largest absolute Gasteiger partial charge is 0.544 e. The van der Waals surface area contributed by atoms with Crippen LogP contribution in [0.3, 0.4) is 0 Å². The van der Waals surface area contributed by atoms with Gasteiger partial charge in [0.05, 0.1) is 4.47 Å². The maximum atomic E-state index is 6.03. The van der Waals surface area contributed by atoms with Crippen molar-refractivity contribution in [3.8, 4) is 5.75 Å². The quantitative estimate of drug-likeness (QED) is 0.723. The van der Waals surface area contributed by atoms with Crippen molar-refractivity contribution in [2.24, 2.45) is 0 Å². The highest BCUT2D eigenvalue weighted by Gasteiger charge is 2.18. The van der Waals surface area contributed by atoms with Crippen LogP contribution >= 0.6 is 27.5 Å². The van der Waals surface area contributed by atoms with Crippen LogP contribution in [0.25, 0.3) is 0 Å². The van der Waals surface area contributed by atoms with Gasteiger partial charge in [0.25, 0.3) is 0 Å². The van der Waals surface area contributed by atoms with E-state index in [4.69, 9.17) is 16.0 Å². The minimum atomic E-state index is -1.56. The van der Waals surface area contributed by atoms with Crippen LogP contribution in [0.1, 0.15) is 5.56 Å². The van der Waals surface area contributed by atoms with E-state index in [-0.39, 0.29) is 0 Å². The van der Waals surface area contributed by atoms with Gasteiger partial charge in [-0.25, -0.2) is 0 Å². The third-order valence-electron chi connectivity index (χ3n) is 1.63. The van der Waals surface area contributed by atoms with Crippen molar-refractivity contribution in [1.82, 2.24) is 0 Å². The van der Waals surface area contributed by atoms with Crippen LogP contribution < -0.4 is 4.43 Å². The number of rotatable bonds is 2. The summed E-state index contributed by atoms with van der Waals surface area (Å²) in [5.41, 5.74) is 1.06. The Labute approximate surface area is 99.7 Å². The highest BCUT2D eigenvalue weighted by atomic mass is 79.9. The maximum absolute atomic E-state index is 6.03. The molecule has 0 aliphatic heterocycles. The molecule has 0 spiro atoms. The fraction of sp³-hybridized carbons (Fsp3) is 0.400. The summed E-state index contributed by atoms with van der Waals surface area (Å²) in [7, 11) is -1.56. The lowest BCUT2D eigenvalue weighted by molar-refractivity contribution is 0.554. The molecule has 0 unspecified atom stereocenters. The monoisotopic (exact) mass is 292 g/mol. The number of halogens is 2. The Bertz CT molecular complexity index is 347. The molecule has 0 atom stereocenters. The number of hydrogen-bond acceptors (Lipinski definition) is 1. The van der Waals surface area contributed by atoms with Gasteiger partial charge in [0, 0.05) is 5.02 Å². The van der Waals surface area contributed by atoms with Crippen molar-refractivity contribution in [3.05, 3.63) is 27.2 Å². The molecule has 1 nitrogen and oxygen atoms in total. The summed E-state index contributed by atoms with van der Waals surface area (Å²) >= 11 is 9.50. The van der Waals surface area contributed by atoms with E-state index in [1.807, 2.05) is 19.1 Å². The van der Waals surface area contributed by atoms with E-state index in [0.717, 1.165) is 20.8 Å². The van der Waals surface area contributed by atoms with Gasteiger partial charge in [-0.2, -0.15) is 0 Å². The minimum absolute atomic E-state index is 0.751. The van der Waals surface area contributed by atoms with Gasteiger partial charge in [0.2, 0.25) is 8.32 Å². The molecule has 1 aromatic rings. The number of aryl methyl sites for hydroxylation is 1. The van der Waals surface area contributed by atoms with Crippen molar-refractivity contribution >= 4 is 35.8 Å². The van der Waals surface area contributed by atoms with E-state index in [0.29, 0.717) is 0 Å². The molecule has 1 rings (SSSR count). The van der Waals surface area contributed by atoms with Crippen molar-refractivity contribution in [2.75, 3.05) is 0 Å². The molecule has 0 aliphatic carbocycles. The first-order chi connectivity index (χ1) is 6.29. The van der Waals surface area contributed by atoms with E-state index in [1.165, 1.54) is 0 Å². The Hall–Kier alpha value is 0.00688. The average molecular weight is 294 g/mol. The molecule has 0 saturated heterocycles. The zero-order chi connectivity index (χ0) is 10.9. The molecule has 0 aromatic heterocycles. The molecule has 0 amide bonds. The summed E-state index contributed by atoms with van der Waals surface area (Å²) < 4.78 is 6.85. The van der Waals surface area contributed by atoms with Crippen LogP contribution in [-0.4, -0.2) is 8.32 Å². The molecule has 0 heterocycles. The minimum Gasteiger partial charge on any atom is -0.544 e. The second-order valence-electron chi connectivity index (χ2n) is 4.25. The highest BCUT2D eigenvalue weighted by molar-refractivity contribution is 9.10. The van der Waals surface area contributed by atoms with Gasteiger partial charge >= 0.3 is 0 Å². The van der Waals surface area contributed by atoms with Crippen molar-refractivity contribution < 1.29 is 4.43 Å². The van der Waals surface area contributed by atoms with Crippen LogP contribution in [0, 0.1) is 6.92 Å². The van der Waals surface area contributed by atoms with Crippen LogP contribution in [0.5, 0.6) is 5.75 Å². The zero-order valence-electron chi connectivity index (χ0n) is 8.82. The lowest BCUT2D eigenvalue weighted by Crippen LogP contribution is -2.29. The lowest BCUT2D eigenvalue weighted by atomic mass is 10.2. The summed E-state index contributed by atoms with van der Waals surface area (Å²) in [6, 6.07) is 3.86. The standard InChI is InChI=1S/C10H14BrClOSi/c1-7-5-8(11)10(6-9(7)12)13-14(2,3)4/h5-6H,1-4H3. The summed E-state index contributed by atoms with van der Waals surface area (Å²) in [4.78, 5) is 0. The third kappa shape index (κ3) is 3.30. The van der Waals surface area contributed by atoms with E-state index in [2.05, 4.69) is 35.6 Å². The second kappa shape index (κ2) is 4.25. The fourth-order valence-corrected chi connectivity index (χ4v) is 2.71. The average Bonchev–Trinajstić information content (AvgIpc) is 1.97. The first-order valence-electron chi connectivity index (χ1n) is 4.44. The molecular weight excluding hydrogens is 280 g/mol. The summed E-state index contributed by atoms with van der Waals surface area (Å²) in [5, 5.41) is 0.751. The smallest absolute Gasteiger partial charge is 0.242 e. The van der Waals surface area contributed by atoms with Gasteiger partial charge in [0.15, 0.2) is 0 Å². The van der Waals surface area contributed by atoms with E-state index in [1.54, 1.807) is 0 Å². The van der Waals surface area contributed by atoms with Crippen LogP contribution in [0.15, 0.2) is 16.6 Å². The van der Waals surface area contributed by atoms with Gasteiger partial charge < -0.3 is 4.43 Å². The van der Waals surface area contributed by atoms with Crippen LogP contribution in [-0.2, 0) is 0 Å². The van der Waals surface area contributed by atoms with Gasteiger partial charge in [0.1, 0.15) is 5.75 Å².